The summed E-state index contributed by atoms with van der Waals surface area (Å²) in [6.07, 6.45) is 8.14. The highest BCUT2D eigenvalue weighted by molar-refractivity contribution is 6.01. The smallest absolute Gasteiger partial charge is 0.259 e. The van der Waals surface area contributed by atoms with Gasteiger partial charge in [-0.1, -0.05) is 56.3 Å². The standard InChI is InChI=1S/C45H59N7O4/c1-5-28(2)43(54)48-40-17-11-21-50-23-18-32(52(50)45(40)56)26-36-34-14-7-6-12-30(34)24-37(36)42-38(35-15-8-9-16-39(35)47-42)27-33-19-22-49-20-10-13-31(44(55)51(33)49)25-41(53)29(3)46-4/h6-9,12,14-16,28-29,31-33,40,46-47H,5,10-11,13,17-27H2,1-4H3,(H,48,54)/t28-,29+,31-,32+,33+,40+/m1/s1. The van der Waals surface area contributed by atoms with Crippen LogP contribution in [0.4, 0.5) is 0 Å². The normalized spacial score (nSPS) is 25.6. The van der Waals surface area contributed by atoms with Gasteiger partial charge in [0.2, 0.25) is 11.8 Å². The molecule has 5 heterocycles. The summed E-state index contributed by atoms with van der Waals surface area (Å²) < 4.78 is 0. The van der Waals surface area contributed by atoms with Crippen molar-refractivity contribution in [3.63, 3.8) is 0 Å². The van der Waals surface area contributed by atoms with Gasteiger partial charge in [-0.15, -0.1) is 0 Å². The Labute approximate surface area is 331 Å². The maximum absolute atomic E-state index is 14.3. The van der Waals surface area contributed by atoms with E-state index in [4.69, 9.17) is 0 Å². The third kappa shape index (κ3) is 7.22. The number of amides is 3. The minimum absolute atomic E-state index is 0.00797. The number of H-pyrrole nitrogens is 1. The molecule has 0 saturated carbocycles. The van der Waals surface area contributed by atoms with E-state index >= 15 is 0 Å². The zero-order valence-corrected chi connectivity index (χ0v) is 33.6. The zero-order valence-electron chi connectivity index (χ0n) is 33.6. The Morgan fingerprint density at radius 1 is 0.839 bits per heavy atom. The van der Waals surface area contributed by atoms with E-state index < -0.39 is 6.04 Å². The van der Waals surface area contributed by atoms with Crippen molar-refractivity contribution in [1.29, 1.82) is 0 Å². The summed E-state index contributed by atoms with van der Waals surface area (Å²) in [7, 11) is 1.79. The molecule has 11 nitrogen and oxygen atoms in total. The van der Waals surface area contributed by atoms with Gasteiger partial charge in [-0.2, -0.15) is 0 Å². The number of nitrogens with zero attached hydrogens (tertiary/aromatic N) is 4. The van der Waals surface area contributed by atoms with Crippen LogP contribution in [0.2, 0.25) is 0 Å². The summed E-state index contributed by atoms with van der Waals surface area (Å²) in [6.45, 7) is 9.10. The molecule has 8 rings (SSSR count). The van der Waals surface area contributed by atoms with E-state index in [-0.39, 0.29) is 59.9 Å². The van der Waals surface area contributed by atoms with Gasteiger partial charge in [0.05, 0.1) is 18.1 Å². The molecule has 0 radical (unpaired) electrons. The lowest BCUT2D eigenvalue weighted by molar-refractivity contribution is -0.151. The minimum atomic E-state index is -0.510. The molecule has 298 valence electrons. The van der Waals surface area contributed by atoms with Crippen LogP contribution in [0.15, 0.2) is 48.5 Å². The van der Waals surface area contributed by atoms with Crippen molar-refractivity contribution in [3.05, 3.63) is 70.9 Å². The van der Waals surface area contributed by atoms with Crippen LogP contribution in [-0.4, -0.2) is 106 Å². The highest BCUT2D eigenvalue weighted by Gasteiger charge is 2.44. The summed E-state index contributed by atoms with van der Waals surface area (Å²) in [5.41, 5.74) is 8.51. The predicted octanol–water partition coefficient (Wildman–Crippen LogP) is 5.51. The number of allylic oxidation sites excluding steroid dienone is 1. The van der Waals surface area contributed by atoms with Crippen LogP contribution in [0.1, 0.15) is 101 Å². The quantitative estimate of drug-likeness (QED) is 0.223. The van der Waals surface area contributed by atoms with Crippen LogP contribution in [0, 0.1) is 11.8 Å². The SMILES string of the molecule is CC[C@@H](C)C(=O)N[C@H]1CCCN2CC[C@@H](CC3=C(c4[nH]c5ccccc5c4C[C@@H]4CCN5CCC[C@H](CC(=O)[C@H](C)NC)C(=O)N45)Cc4ccccc43)N2C1=O. The number of carbonyl (C=O) groups excluding carboxylic acids is 4. The van der Waals surface area contributed by atoms with Crippen molar-refractivity contribution >= 4 is 45.6 Å². The largest absolute Gasteiger partial charge is 0.355 e. The molecule has 5 aliphatic rings. The molecule has 4 fully saturated rings. The number of Topliss-reactive ketones (excluding diaryl/α,β-unsaturated/α-hetero) is 1. The van der Waals surface area contributed by atoms with E-state index in [1.165, 1.54) is 33.2 Å². The fraction of sp³-hybridized carbons (Fsp3) is 0.556. The summed E-state index contributed by atoms with van der Waals surface area (Å²) in [6, 6.07) is 16.4. The van der Waals surface area contributed by atoms with E-state index in [1.807, 2.05) is 30.8 Å². The Kier molecular flexibility index (Phi) is 11.2. The first-order valence-electron chi connectivity index (χ1n) is 21.2. The molecule has 4 saturated heterocycles. The molecule has 3 N–H and O–H groups in total. The van der Waals surface area contributed by atoms with Gasteiger partial charge in [0.15, 0.2) is 0 Å². The molecule has 3 amide bonds. The number of para-hydroxylation sites is 1. The van der Waals surface area contributed by atoms with Crippen molar-refractivity contribution in [1.82, 2.24) is 35.7 Å². The van der Waals surface area contributed by atoms with Gasteiger partial charge in [-0.05, 0) is 106 Å². The number of aromatic amines is 1. The minimum Gasteiger partial charge on any atom is -0.355 e. The number of fused-ring (bicyclic) bond motifs is 4. The molecule has 0 bridgehead atoms. The molecule has 0 unspecified atom stereocenters. The van der Waals surface area contributed by atoms with Crippen molar-refractivity contribution in [2.45, 2.75) is 116 Å². The Balaban J connectivity index is 1.13. The van der Waals surface area contributed by atoms with Gasteiger partial charge in [0.1, 0.15) is 11.8 Å². The van der Waals surface area contributed by atoms with E-state index in [0.29, 0.717) is 12.8 Å². The lowest BCUT2D eigenvalue weighted by Gasteiger charge is -2.33. The van der Waals surface area contributed by atoms with Crippen LogP contribution < -0.4 is 10.6 Å². The van der Waals surface area contributed by atoms with Crippen molar-refractivity contribution in [3.8, 4) is 0 Å². The van der Waals surface area contributed by atoms with Crippen LogP contribution >= 0.6 is 0 Å². The highest BCUT2D eigenvalue weighted by Crippen LogP contribution is 2.45. The number of rotatable bonds is 12. The number of nitrogens with one attached hydrogen (secondary N) is 3. The second kappa shape index (κ2) is 16.3. The van der Waals surface area contributed by atoms with Crippen LogP contribution in [-0.2, 0) is 32.0 Å². The van der Waals surface area contributed by atoms with E-state index in [2.05, 4.69) is 74.2 Å². The molecule has 1 aromatic heterocycles. The lowest BCUT2D eigenvalue weighted by atomic mass is 9.91. The van der Waals surface area contributed by atoms with Gasteiger partial charge in [-0.3, -0.25) is 29.2 Å². The summed E-state index contributed by atoms with van der Waals surface area (Å²) in [4.78, 5) is 58.5. The van der Waals surface area contributed by atoms with Crippen LogP contribution in [0.25, 0.3) is 22.0 Å². The molecule has 2 aromatic carbocycles. The van der Waals surface area contributed by atoms with Gasteiger partial charge in [0.25, 0.3) is 5.91 Å². The number of benzene rings is 2. The van der Waals surface area contributed by atoms with Crippen LogP contribution in [0.3, 0.4) is 0 Å². The zero-order chi connectivity index (χ0) is 39.1. The van der Waals surface area contributed by atoms with Gasteiger partial charge in [0, 0.05) is 67.5 Å². The first-order chi connectivity index (χ1) is 27.2. The fourth-order valence-corrected chi connectivity index (χ4v) is 10.0. The van der Waals surface area contributed by atoms with Crippen molar-refractivity contribution in [2.24, 2.45) is 11.8 Å². The summed E-state index contributed by atoms with van der Waals surface area (Å²) in [5, 5.41) is 15.9. The Bertz CT molecular complexity index is 2020. The second-order valence-electron chi connectivity index (χ2n) is 16.9. The predicted molar refractivity (Wildman–Crippen MR) is 219 cm³/mol. The van der Waals surface area contributed by atoms with E-state index in [0.717, 1.165) is 88.8 Å². The van der Waals surface area contributed by atoms with Gasteiger partial charge >= 0.3 is 0 Å². The molecular weight excluding hydrogens is 703 g/mol. The Hall–Kier alpha value is -4.32. The maximum atomic E-state index is 14.3. The number of hydrogen-bond acceptors (Lipinski definition) is 7. The number of ketones is 1. The summed E-state index contributed by atoms with van der Waals surface area (Å²) >= 11 is 0. The number of aromatic nitrogens is 1. The fourth-order valence-electron chi connectivity index (χ4n) is 10.0. The average Bonchev–Trinajstić information content (AvgIpc) is 3.95. The van der Waals surface area contributed by atoms with Gasteiger partial charge in [-0.25, -0.2) is 10.0 Å². The summed E-state index contributed by atoms with van der Waals surface area (Å²) in [5.74, 6) is -0.297. The number of likely N-dealkylation sites (N-methyl/N-ethyl adjacent to an activating group) is 1. The monoisotopic (exact) mass is 761 g/mol. The molecule has 56 heavy (non-hydrogen) atoms. The first kappa shape index (κ1) is 38.5. The maximum Gasteiger partial charge on any atom is 0.259 e. The molecule has 3 aromatic rings. The third-order valence-electron chi connectivity index (χ3n) is 13.5. The number of hydrogen-bond donors (Lipinski definition) is 3. The Morgan fingerprint density at radius 3 is 2.27 bits per heavy atom. The molecular formula is C45H59N7O4. The number of hydrazine groups is 2. The van der Waals surface area contributed by atoms with E-state index in [9.17, 15) is 19.2 Å². The highest BCUT2D eigenvalue weighted by atomic mass is 16.2. The topological polar surface area (TPSA) is 121 Å². The average molecular weight is 762 g/mol. The first-order valence-corrected chi connectivity index (χ1v) is 21.2. The molecule has 0 spiro atoms. The number of carbonyl (C=O) groups is 4. The lowest BCUT2D eigenvalue weighted by Crippen LogP contribution is -2.53. The molecule has 6 atom stereocenters. The van der Waals surface area contributed by atoms with Crippen molar-refractivity contribution < 1.29 is 19.2 Å². The molecule has 4 aliphatic heterocycles. The third-order valence-corrected chi connectivity index (χ3v) is 13.5. The molecule has 11 heteroatoms. The Morgan fingerprint density at radius 2 is 1.52 bits per heavy atom. The second-order valence-corrected chi connectivity index (χ2v) is 16.9. The van der Waals surface area contributed by atoms with Crippen LogP contribution in [0.5, 0.6) is 0 Å². The van der Waals surface area contributed by atoms with E-state index in [1.54, 1.807) is 7.05 Å². The van der Waals surface area contributed by atoms with Crippen molar-refractivity contribution in [2.75, 3.05) is 33.2 Å². The molecule has 1 aliphatic carbocycles. The van der Waals surface area contributed by atoms with Gasteiger partial charge < -0.3 is 15.6 Å².